The molecule has 0 bridgehead atoms. The summed E-state index contributed by atoms with van der Waals surface area (Å²) in [5, 5.41) is 0. The normalized spacial score (nSPS) is 21.0. The summed E-state index contributed by atoms with van der Waals surface area (Å²) in [6.45, 7) is 4.34. The van der Waals surface area contributed by atoms with E-state index in [1.54, 1.807) is 12.3 Å². The van der Waals surface area contributed by atoms with Crippen molar-refractivity contribution in [3.63, 3.8) is 0 Å². The molecule has 0 amide bonds. The highest BCUT2D eigenvalue weighted by Crippen LogP contribution is 2.19. The zero-order chi connectivity index (χ0) is 12.3. The Kier molecular flexibility index (Phi) is 3.89. The van der Waals surface area contributed by atoms with Crippen LogP contribution in [0.4, 0.5) is 5.95 Å². The topological polar surface area (TPSA) is 55.0 Å². The second-order valence-corrected chi connectivity index (χ2v) is 5.07. The highest BCUT2D eigenvalue weighted by Gasteiger charge is 2.16. The summed E-state index contributed by atoms with van der Waals surface area (Å²) >= 11 is 4.94. The van der Waals surface area contributed by atoms with Crippen LogP contribution >= 0.6 is 12.2 Å². The van der Waals surface area contributed by atoms with Crippen molar-refractivity contribution in [1.29, 1.82) is 0 Å². The lowest BCUT2D eigenvalue weighted by atomic mass is 10.0. The Morgan fingerprint density at radius 1 is 1.47 bits per heavy atom. The predicted molar refractivity (Wildman–Crippen MR) is 73.1 cm³/mol. The fraction of sp³-hybridized carbons (Fsp3) is 0.583. The second kappa shape index (κ2) is 5.40. The van der Waals surface area contributed by atoms with Crippen LogP contribution in [0, 0.1) is 5.92 Å². The van der Waals surface area contributed by atoms with E-state index in [4.69, 9.17) is 18.0 Å². The Bertz CT molecular complexity index is 407. The molecule has 0 aliphatic carbocycles. The van der Waals surface area contributed by atoms with E-state index < -0.39 is 0 Å². The van der Waals surface area contributed by atoms with Crippen molar-refractivity contribution < 1.29 is 0 Å². The number of hydrogen-bond acceptors (Lipinski definition) is 4. The Morgan fingerprint density at radius 2 is 2.29 bits per heavy atom. The molecule has 1 unspecified atom stereocenters. The van der Waals surface area contributed by atoms with Crippen molar-refractivity contribution in [3.05, 3.63) is 18.0 Å². The molecule has 5 heteroatoms. The molecule has 1 aliphatic rings. The monoisotopic (exact) mass is 250 g/mol. The van der Waals surface area contributed by atoms with Gasteiger partial charge in [0, 0.05) is 19.3 Å². The van der Waals surface area contributed by atoms with Gasteiger partial charge in [0.1, 0.15) is 10.7 Å². The predicted octanol–water partition coefficient (Wildman–Crippen LogP) is 1.74. The molecule has 2 N–H and O–H groups in total. The third-order valence-corrected chi connectivity index (χ3v) is 3.40. The third-order valence-electron chi connectivity index (χ3n) is 3.19. The van der Waals surface area contributed by atoms with E-state index in [0.29, 0.717) is 10.7 Å². The average molecular weight is 250 g/mol. The molecule has 1 aromatic rings. The van der Waals surface area contributed by atoms with E-state index in [0.717, 1.165) is 25.0 Å². The van der Waals surface area contributed by atoms with Gasteiger partial charge >= 0.3 is 0 Å². The van der Waals surface area contributed by atoms with Crippen LogP contribution in [0.3, 0.4) is 0 Å². The summed E-state index contributed by atoms with van der Waals surface area (Å²) in [6, 6.07) is 1.76. The van der Waals surface area contributed by atoms with Gasteiger partial charge in [-0.05, 0) is 31.2 Å². The molecule has 0 aromatic carbocycles. The summed E-state index contributed by atoms with van der Waals surface area (Å²) < 4.78 is 0. The van der Waals surface area contributed by atoms with Gasteiger partial charge in [0.25, 0.3) is 0 Å². The average Bonchev–Trinajstić information content (AvgIpc) is 2.54. The second-order valence-electron chi connectivity index (χ2n) is 4.63. The fourth-order valence-corrected chi connectivity index (χ4v) is 2.21. The van der Waals surface area contributed by atoms with Crippen molar-refractivity contribution in [3.8, 4) is 0 Å². The summed E-state index contributed by atoms with van der Waals surface area (Å²) in [7, 11) is 0. The standard InChI is InChI=1S/C12H18N4S/c1-9-3-2-7-16(8-5-9)12-14-6-4-10(15-12)11(13)17/h4,6,9H,2-3,5,7-8H2,1H3,(H2,13,17). The SMILES string of the molecule is CC1CCCN(c2nccc(C(N)=S)n2)CC1. The quantitative estimate of drug-likeness (QED) is 0.810. The van der Waals surface area contributed by atoms with E-state index in [2.05, 4.69) is 21.8 Å². The first-order valence-electron chi connectivity index (χ1n) is 6.04. The van der Waals surface area contributed by atoms with Gasteiger partial charge in [-0.2, -0.15) is 0 Å². The maximum Gasteiger partial charge on any atom is 0.225 e. The summed E-state index contributed by atoms with van der Waals surface area (Å²) in [5.41, 5.74) is 6.24. The zero-order valence-corrected chi connectivity index (χ0v) is 10.9. The van der Waals surface area contributed by atoms with Gasteiger partial charge in [0.15, 0.2) is 0 Å². The lowest BCUT2D eigenvalue weighted by Crippen LogP contribution is -2.27. The minimum atomic E-state index is 0.330. The van der Waals surface area contributed by atoms with Crippen LogP contribution in [0.15, 0.2) is 12.3 Å². The van der Waals surface area contributed by atoms with Gasteiger partial charge < -0.3 is 10.6 Å². The van der Waals surface area contributed by atoms with Gasteiger partial charge in [-0.1, -0.05) is 19.1 Å². The number of thiocarbonyl (C=S) groups is 1. The Morgan fingerprint density at radius 3 is 3.06 bits per heavy atom. The first-order valence-corrected chi connectivity index (χ1v) is 6.45. The van der Waals surface area contributed by atoms with E-state index >= 15 is 0 Å². The number of aromatic nitrogens is 2. The van der Waals surface area contributed by atoms with E-state index in [9.17, 15) is 0 Å². The van der Waals surface area contributed by atoms with Crippen LogP contribution in [0.1, 0.15) is 31.9 Å². The van der Waals surface area contributed by atoms with Gasteiger partial charge in [-0.15, -0.1) is 0 Å². The van der Waals surface area contributed by atoms with Crippen LogP contribution in [-0.4, -0.2) is 28.0 Å². The molecular weight excluding hydrogens is 232 g/mol. The molecule has 1 aliphatic heterocycles. The van der Waals surface area contributed by atoms with Crippen LogP contribution in [-0.2, 0) is 0 Å². The highest BCUT2D eigenvalue weighted by molar-refractivity contribution is 7.80. The van der Waals surface area contributed by atoms with Gasteiger partial charge in [-0.3, -0.25) is 0 Å². The van der Waals surface area contributed by atoms with Crippen molar-refractivity contribution in [1.82, 2.24) is 9.97 Å². The number of rotatable bonds is 2. The maximum absolute atomic E-state index is 5.59. The van der Waals surface area contributed by atoms with Gasteiger partial charge in [-0.25, -0.2) is 9.97 Å². The van der Waals surface area contributed by atoms with Crippen LogP contribution in [0.5, 0.6) is 0 Å². The Balaban J connectivity index is 2.15. The summed E-state index contributed by atoms with van der Waals surface area (Å²) in [5.74, 6) is 1.54. The molecule has 0 saturated carbocycles. The molecule has 0 spiro atoms. The van der Waals surface area contributed by atoms with Crippen molar-refractivity contribution in [2.75, 3.05) is 18.0 Å². The molecule has 1 aromatic heterocycles. The molecule has 2 rings (SSSR count). The van der Waals surface area contributed by atoms with E-state index in [1.165, 1.54) is 19.3 Å². The Hall–Kier alpha value is -1.23. The summed E-state index contributed by atoms with van der Waals surface area (Å²) in [6.07, 6.45) is 5.40. The van der Waals surface area contributed by atoms with E-state index in [1.807, 2.05) is 0 Å². The fourth-order valence-electron chi connectivity index (χ4n) is 2.10. The molecule has 2 heterocycles. The number of hydrogen-bond donors (Lipinski definition) is 1. The molecule has 1 fully saturated rings. The zero-order valence-electron chi connectivity index (χ0n) is 10.1. The lowest BCUT2D eigenvalue weighted by Gasteiger charge is -2.20. The maximum atomic E-state index is 5.59. The molecule has 1 atom stereocenters. The minimum absolute atomic E-state index is 0.330. The Labute approximate surface area is 107 Å². The van der Waals surface area contributed by atoms with Crippen molar-refractivity contribution in [2.45, 2.75) is 26.2 Å². The van der Waals surface area contributed by atoms with Crippen molar-refractivity contribution in [2.24, 2.45) is 11.7 Å². The smallest absolute Gasteiger partial charge is 0.225 e. The number of nitrogens with two attached hydrogens (primary N) is 1. The summed E-state index contributed by atoms with van der Waals surface area (Å²) in [4.78, 5) is 11.3. The van der Waals surface area contributed by atoms with Crippen LogP contribution in [0.2, 0.25) is 0 Å². The van der Waals surface area contributed by atoms with Crippen LogP contribution < -0.4 is 10.6 Å². The lowest BCUT2D eigenvalue weighted by molar-refractivity contribution is 0.521. The number of anilines is 1. The van der Waals surface area contributed by atoms with Gasteiger partial charge in [0.05, 0.1) is 0 Å². The van der Waals surface area contributed by atoms with Gasteiger partial charge in [0.2, 0.25) is 5.95 Å². The van der Waals surface area contributed by atoms with Crippen molar-refractivity contribution >= 4 is 23.2 Å². The molecule has 1 saturated heterocycles. The minimum Gasteiger partial charge on any atom is -0.388 e. The number of nitrogens with zero attached hydrogens (tertiary/aromatic N) is 3. The molecule has 4 nitrogen and oxygen atoms in total. The van der Waals surface area contributed by atoms with E-state index in [-0.39, 0.29) is 0 Å². The largest absolute Gasteiger partial charge is 0.388 e. The molecule has 17 heavy (non-hydrogen) atoms. The third kappa shape index (κ3) is 3.12. The first-order chi connectivity index (χ1) is 8.16. The van der Waals surface area contributed by atoms with Crippen LogP contribution in [0.25, 0.3) is 0 Å². The molecular formula is C12H18N4S. The molecule has 0 radical (unpaired) electrons. The molecule has 92 valence electrons. The highest BCUT2D eigenvalue weighted by atomic mass is 32.1. The first kappa shape index (κ1) is 12.2.